The fourth-order valence-electron chi connectivity index (χ4n) is 1.99. The highest BCUT2D eigenvalue weighted by molar-refractivity contribution is 6.62. The zero-order chi connectivity index (χ0) is 15.7. The van der Waals surface area contributed by atoms with Crippen LogP contribution in [0.3, 0.4) is 0 Å². The highest BCUT2D eigenvalue weighted by Gasteiger charge is 2.51. The predicted octanol–water partition coefficient (Wildman–Crippen LogP) is 2.86. The monoisotopic (exact) mass is 298 g/mol. The van der Waals surface area contributed by atoms with Crippen LogP contribution in [0.5, 0.6) is 5.75 Å². The summed E-state index contributed by atoms with van der Waals surface area (Å²) in [7, 11) is -0.570. The minimum Gasteiger partial charge on any atom is -0.490 e. The van der Waals surface area contributed by atoms with Crippen molar-refractivity contribution >= 4 is 12.6 Å². The van der Waals surface area contributed by atoms with Gasteiger partial charge in [-0.2, -0.15) is 0 Å². The zero-order valence-corrected chi connectivity index (χ0v) is 12.9. The summed E-state index contributed by atoms with van der Waals surface area (Å²) in [5.41, 5.74) is -0.229. The quantitative estimate of drug-likeness (QED) is 0.618. The molecule has 116 valence electrons. The fourth-order valence-corrected chi connectivity index (χ4v) is 1.99. The van der Waals surface area contributed by atoms with Crippen molar-refractivity contribution in [1.82, 2.24) is 0 Å². The van der Waals surface area contributed by atoms with Crippen molar-refractivity contribution in [3.8, 4) is 5.75 Å². The van der Waals surface area contributed by atoms with E-state index in [4.69, 9.17) is 14.0 Å². The summed E-state index contributed by atoms with van der Waals surface area (Å²) < 4.78 is 42.8. The number of hydrogen-bond donors (Lipinski definition) is 0. The van der Waals surface area contributed by atoms with Gasteiger partial charge in [0.15, 0.2) is 11.6 Å². The smallest absolute Gasteiger partial charge is 0.490 e. The van der Waals surface area contributed by atoms with E-state index >= 15 is 0 Å². The molecule has 0 spiro atoms. The number of benzene rings is 1. The second-order valence-electron chi connectivity index (χ2n) is 6.17. The highest BCUT2D eigenvalue weighted by Crippen LogP contribution is 2.36. The second kappa shape index (κ2) is 5.93. The van der Waals surface area contributed by atoms with E-state index in [1.807, 2.05) is 27.7 Å². The Morgan fingerprint density at radius 1 is 1.14 bits per heavy atom. The van der Waals surface area contributed by atoms with Gasteiger partial charge in [0.25, 0.3) is 0 Å². The molecule has 0 radical (unpaired) electrons. The molecule has 0 unspecified atom stereocenters. The lowest BCUT2D eigenvalue weighted by Gasteiger charge is -2.32. The first-order chi connectivity index (χ1) is 9.77. The predicted molar refractivity (Wildman–Crippen MR) is 78.2 cm³/mol. The van der Waals surface area contributed by atoms with Crippen LogP contribution in [-0.2, 0) is 9.31 Å². The van der Waals surface area contributed by atoms with Crippen molar-refractivity contribution < 1.29 is 22.8 Å². The Hall–Kier alpha value is -1.14. The van der Waals surface area contributed by atoms with Gasteiger partial charge in [-0.15, -0.1) is 0 Å². The van der Waals surface area contributed by atoms with Gasteiger partial charge in [0.1, 0.15) is 0 Å². The third-order valence-corrected chi connectivity index (χ3v) is 4.02. The van der Waals surface area contributed by atoms with Gasteiger partial charge >= 0.3 is 7.12 Å². The molecule has 0 atom stereocenters. The first-order valence-electron chi connectivity index (χ1n) is 7.11. The number of hydrogen-bond acceptors (Lipinski definition) is 3. The molecule has 3 nitrogen and oxygen atoms in total. The van der Waals surface area contributed by atoms with E-state index in [2.05, 4.69) is 0 Å². The zero-order valence-electron chi connectivity index (χ0n) is 12.9. The Balaban J connectivity index is 2.16. The lowest BCUT2D eigenvalue weighted by atomic mass is 9.79. The Morgan fingerprint density at radius 3 is 2.33 bits per heavy atom. The molecule has 1 aliphatic heterocycles. The molecule has 1 aromatic rings. The first kappa shape index (κ1) is 16.2. The standard InChI is InChI=1S/C15H21BF2O3/c1-14(2)15(3,4)21-16(20-14)11-6-7-12(18)13(10-11)19-9-5-8-17/h6-7,10H,5,8-9H2,1-4H3. The van der Waals surface area contributed by atoms with E-state index in [1.165, 1.54) is 6.07 Å². The molecule has 1 aliphatic rings. The van der Waals surface area contributed by atoms with Crippen LogP contribution in [0.15, 0.2) is 18.2 Å². The fraction of sp³-hybridized carbons (Fsp3) is 0.600. The first-order valence-corrected chi connectivity index (χ1v) is 7.11. The molecular formula is C15H21BF2O3. The van der Waals surface area contributed by atoms with Crippen molar-refractivity contribution in [3.63, 3.8) is 0 Å². The Morgan fingerprint density at radius 2 is 1.76 bits per heavy atom. The molecular weight excluding hydrogens is 277 g/mol. The van der Waals surface area contributed by atoms with Gasteiger partial charge in [0.05, 0.1) is 24.5 Å². The van der Waals surface area contributed by atoms with E-state index in [1.54, 1.807) is 12.1 Å². The molecule has 2 rings (SSSR count). The van der Waals surface area contributed by atoms with E-state index in [9.17, 15) is 8.78 Å². The Bertz CT molecular complexity index is 490. The second-order valence-corrected chi connectivity index (χ2v) is 6.17. The van der Waals surface area contributed by atoms with Crippen LogP contribution in [0.2, 0.25) is 0 Å². The normalized spacial score (nSPS) is 19.8. The van der Waals surface area contributed by atoms with Crippen LogP contribution in [-0.4, -0.2) is 31.6 Å². The van der Waals surface area contributed by atoms with Crippen LogP contribution in [0.4, 0.5) is 8.78 Å². The van der Waals surface area contributed by atoms with Crippen LogP contribution in [0.25, 0.3) is 0 Å². The Kier molecular flexibility index (Phi) is 4.59. The van der Waals surface area contributed by atoms with Gasteiger partial charge in [-0.25, -0.2) is 4.39 Å². The summed E-state index contributed by atoms with van der Waals surface area (Å²) in [4.78, 5) is 0. The van der Waals surface area contributed by atoms with E-state index in [0.29, 0.717) is 5.46 Å². The molecule has 1 heterocycles. The van der Waals surface area contributed by atoms with Crippen LogP contribution >= 0.6 is 0 Å². The summed E-state index contributed by atoms with van der Waals surface area (Å²) in [6, 6.07) is 4.47. The van der Waals surface area contributed by atoms with Gasteiger partial charge in [-0.3, -0.25) is 4.39 Å². The molecule has 0 aromatic heterocycles. The lowest BCUT2D eigenvalue weighted by molar-refractivity contribution is 0.00578. The van der Waals surface area contributed by atoms with E-state index in [0.717, 1.165) is 0 Å². The number of halogens is 2. The molecule has 1 saturated heterocycles. The van der Waals surface area contributed by atoms with Crippen molar-refractivity contribution in [1.29, 1.82) is 0 Å². The van der Waals surface area contributed by atoms with Gasteiger partial charge in [0.2, 0.25) is 0 Å². The molecule has 1 fully saturated rings. The maximum atomic E-state index is 13.7. The summed E-state index contributed by atoms with van der Waals surface area (Å²) in [5.74, 6) is -0.384. The van der Waals surface area contributed by atoms with Crippen LogP contribution in [0, 0.1) is 5.82 Å². The van der Waals surface area contributed by atoms with Crippen LogP contribution < -0.4 is 10.2 Å². The van der Waals surface area contributed by atoms with Crippen LogP contribution in [0.1, 0.15) is 34.1 Å². The third kappa shape index (κ3) is 3.38. The van der Waals surface area contributed by atoms with Crippen molar-refractivity contribution in [2.45, 2.75) is 45.3 Å². The highest BCUT2D eigenvalue weighted by atomic mass is 19.1. The van der Waals surface area contributed by atoms with Gasteiger partial charge in [-0.1, -0.05) is 6.07 Å². The summed E-state index contributed by atoms with van der Waals surface area (Å²) >= 11 is 0. The largest absolute Gasteiger partial charge is 0.494 e. The minimum absolute atomic E-state index is 0.0932. The molecule has 0 saturated carbocycles. The van der Waals surface area contributed by atoms with Crippen molar-refractivity contribution in [2.24, 2.45) is 0 Å². The number of alkyl halides is 1. The topological polar surface area (TPSA) is 27.7 Å². The molecule has 0 aliphatic carbocycles. The third-order valence-electron chi connectivity index (χ3n) is 4.02. The maximum absolute atomic E-state index is 13.7. The molecule has 0 amide bonds. The summed E-state index contributed by atoms with van der Waals surface area (Å²) in [5, 5.41) is 0. The SMILES string of the molecule is CC1(C)OB(c2ccc(F)c(OCCCF)c2)OC1(C)C. The summed E-state index contributed by atoms with van der Waals surface area (Å²) in [6.07, 6.45) is 0.236. The summed E-state index contributed by atoms with van der Waals surface area (Å²) in [6.45, 7) is 7.47. The molecule has 6 heteroatoms. The number of ether oxygens (including phenoxy) is 1. The average molecular weight is 298 g/mol. The molecule has 21 heavy (non-hydrogen) atoms. The van der Waals surface area contributed by atoms with E-state index < -0.39 is 30.8 Å². The minimum atomic E-state index is -0.570. The molecule has 0 bridgehead atoms. The van der Waals surface area contributed by atoms with E-state index in [-0.39, 0.29) is 18.8 Å². The Labute approximate surface area is 124 Å². The average Bonchev–Trinajstić information content (AvgIpc) is 2.61. The molecule has 0 N–H and O–H groups in total. The van der Waals surface area contributed by atoms with Gasteiger partial charge in [0, 0.05) is 6.42 Å². The van der Waals surface area contributed by atoms with Crippen molar-refractivity contribution in [2.75, 3.05) is 13.3 Å². The van der Waals surface area contributed by atoms with Crippen molar-refractivity contribution in [3.05, 3.63) is 24.0 Å². The maximum Gasteiger partial charge on any atom is 0.494 e. The molecule has 1 aromatic carbocycles. The lowest BCUT2D eigenvalue weighted by Crippen LogP contribution is -2.41. The number of rotatable bonds is 5. The van der Waals surface area contributed by atoms with Gasteiger partial charge < -0.3 is 14.0 Å². The van der Waals surface area contributed by atoms with Gasteiger partial charge in [-0.05, 0) is 45.3 Å².